The van der Waals surface area contributed by atoms with Crippen molar-refractivity contribution in [3.8, 4) is 22.8 Å². The Balaban J connectivity index is 1.93. The molecule has 2 heterocycles. The van der Waals surface area contributed by atoms with Crippen molar-refractivity contribution in [1.29, 1.82) is 0 Å². The topological polar surface area (TPSA) is 70.1 Å². The Morgan fingerprint density at radius 3 is 2.46 bits per heavy atom. The summed E-state index contributed by atoms with van der Waals surface area (Å²) in [6.07, 6.45) is 3.50. The third-order valence-electron chi connectivity index (χ3n) is 4.18. The maximum Gasteiger partial charge on any atom is 0.165 e. The van der Waals surface area contributed by atoms with E-state index in [1.54, 1.807) is 36.5 Å². The molecule has 4 aromatic rings. The van der Waals surface area contributed by atoms with Crippen LogP contribution in [0.25, 0.3) is 16.9 Å². The molecular formula is C21H17N3O2. The van der Waals surface area contributed by atoms with E-state index in [0.29, 0.717) is 22.6 Å². The molecule has 2 N–H and O–H groups in total. The number of hydrogen-bond acceptors (Lipinski definition) is 4. The van der Waals surface area contributed by atoms with Crippen LogP contribution in [0.3, 0.4) is 0 Å². The van der Waals surface area contributed by atoms with Gasteiger partial charge in [-0.3, -0.25) is 4.40 Å². The zero-order chi connectivity index (χ0) is 18.1. The Kier molecular flexibility index (Phi) is 3.89. The number of nitrogens with zero attached hydrogens (tertiary/aromatic N) is 3. The Morgan fingerprint density at radius 2 is 1.69 bits per heavy atom. The van der Waals surface area contributed by atoms with Gasteiger partial charge in [0.25, 0.3) is 0 Å². The smallest absolute Gasteiger partial charge is 0.165 e. The SMILES string of the molecule is Cc1ccn2c(/N=C/c3ccccc3O)c(-c3ccccc3O)nc2c1. The van der Waals surface area contributed by atoms with Gasteiger partial charge in [-0.25, -0.2) is 9.98 Å². The standard InChI is InChI=1S/C21H17N3O2/c1-14-10-11-24-19(12-14)23-20(16-7-3-5-9-18(16)26)21(24)22-13-15-6-2-4-8-17(15)25/h2-13,25-26H,1H3/b22-13+. The number of aromatic hydroxyl groups is 2. The van der Waals surface area contributed by atoms with Gasteiger partial charge in [0.05, 0.1) is 0 Å². The first-order valence-corrected chi connectivity index (χ1v) is 8.22. The van der Waals surface area contributed by atoms with Crippen molar-refractivity contribution >= 4 is 17.7 Å². The number of pyridine rings is 1. The van der Waals surface area contributed by atoms with Gasteiger partial charge >= 0.3 is 0 Å². The fourth-order valence-electron chi connectivity index (χ4n) is 2.84. The van der Waals surface area contributed by atoms with Gasteiger partial charge in [0.1, 0.15) is 22.8 Å². The lowest BCUT2D eigenvalue weighted by Gasteiger charge is -2.03. The molecule has 2 aromatic heterocycles. The summed E-state index contributed by atoms with van der Waals surface area (Å²) in [7, 11) is 0. The number of imidazole rings is 1. The Morgan fingerprint density at radius 1 is 0.962 bits per heavy atom. The quantitative estimate of drug-likeness (QED) is 0.539. The second kappa shape index (κ2) is 6.37. The lowest BCUT2D eigenvalue weighted by atomic mass is 10.1. The summed E-state index contributed by atoms with van der Waals surface area (Å²) in [6.45, 7) is 2.00. The van der Waals surface area contributed by atoms with Crippen LogP contribution in [0.15, 0.2) is 71.9 Å². The average molecular weight is 343 g/mol. The molecule has 4 rings (SSSR count). The van der Waals surface area contributed by atoms with Crippen molar-refractivity contribution in [1.82, 2.24) is 9.38 Å². The number of benzene rings is 2. The molecule has 0 aliphatic rings. The lowest BCUT2D eigenvalue weighted by Crippen LogP contribution is -1.86. The molecule has 5 heteroatoms. The van der Waals surface area contributed by atoms with Crippen LogP contribution >= 0.6 is 0 Å². The average Bonchev–Trinajstić information content (AvgIpc) is 2.98. The highest BCUT2D eigenvalue weighted by molar-refractivity contribution is 5.88. The lowest BCUT2D eigenvalue weighted by molar-refractivity contribution is 0.474. The van der Waals surface area contributed by atoms with Crippen LogP contribution in [-0.4, -0.2) is 25.8 Å². The van der Waals surface area contributed by atoms with Gasteiger partial charge in [-0.05, 0) is 48.9 Å². The van der Waals surface area contributed by atoms with E-state index in [9.17, 15) is 10.2 Å². The molecule has 0 amide bonds. The number of aromatic nitrogens is 2. The zero-order valence-electron chi connectivity index (χ0n) is 14.2. The van der Waals surface area contributed by atoms with Crippen LogP contribution in [-0.2, 0) is 0 Å². The highest BCUT2D eigenvalue weighted by Gasteiger charge is 2.16. The van der Waals surface area contributed by atoms with Crippen LogP contribution in [0.4, 0.5) is 5.82 Å². The molecule has 2 aromatic carbocycles. The van der Waals surface area contributed by atoms with E-state index in [0.717, 1.165) is 11.2 Å². The largest absolute Gasteiger partial charge is 0.507 e. The maximum absolute atomic E-state index is 10.3. The maximum atomic E-state index is 10.3. The van der Waals surface area contributed by atoms with E-state index in [1.807, 2.05) is 47.9 Å². The van der Waals surface area contributed by atoms with Crippen LogP contribution in [0.1, 0.15) is 11.1 Å². The summed E-state index contributed by atoms with van der Waals surface area (Å²) < 4.78 is 1.87. The zero-order valence-corrected chi connectivity index (χ0v) is 14.2. The van der Waals surface area contributed by atoms with E-state index in [2.05, 4.69) is 9.98 Å². The number of para-hydroxylation sites is 2. The first kappa shape index (κ1) is 15.9. The predicted octanol–water partition coefficient (Wildman–Crippen LogP) is 4.47. The van der Waals surface area contributed by atoms with Gasteiger partial charge in [-0.15, -0.1) is 0 Å². The van der Waals surface area contributed by atoms with Crippen LogP contribution in [0.2, 0.25) is 0 Å². The Hall–Kier alpha value is -3.60. The fourth-order valence-corrected chi connectivity index (χ4v) is 2.84. The first-order valence-electron chi connectivity index (χ1n) is 8.22. The molecule has 0 unspecified atom stereocenters. The summed E-state index contributed by atoms with van der Waals surface area (Å²) in [6, 6.07) is 18.0. The third kappa shape index (κ3) is 2.80. The van der Waals surface area contributed by atoms with Crippen molar-refractivity contribution in [2.24, 2.45) is 4.99 Å². The minimum Gasteiger partial charge on any atom is -0.507 e. The number of fused-ring (bicyclic) bond motifs is 1. The molecule has 26 heavy (non-hydrogen) atoms. The van der Waals surface area contributed by atoms with Crippen molar-refractivity contribution < 1.29 is 10.2 Å². The van der Waals surface area contributed by atoms with E-state index in [1.165, 1.54) is 0 Å². The molecule has 0 atom stereocenters. The van der Waals surface area contributed by atoms with E-state index >= 15 is 0 Å². The predicted molar refractivity (Wildman–Crippen MR) is 102 cm³/mol. The van der Waals surface area contributed by atoms with Crippen molar-refractivity contribution in [2.75, 3.05) is 0 Å². The Labute approximate surface area is 150 Å². The summed E-state index contributed by atoms with van der Waals surface area (Å²) in [5.74, 6) is 0.890. The number of phenols is 2. The normalized spacial score (nSPS) is 11.4. The van der Waals surface area contributed by atoms with Gasteiger partial charge in [-0.1, -0.05) is 24.3 Å². The first-order chi connectivity index (χ1) is 12.6. The number of hydrogen-bond donors (Lipinski definition) is 2. The molecule has 0 radical (unpaired) electrons. The van der Waals surface area contributed by atoms with Crippen molar-refractivity contribution in [3.05, 3.63) is 78.0 Å². The van der Waals surface area contributed by atoms with Crippen molar-refractivity contribution in [2.45, 2.75) is 6.92 Å². The molecule has 0 saturated heterocycles. The minimum absolute atomic E-state index is 0.145. The van der Waals surface area contributed by atoms with E-state index in [-0.39, 0.29) is 11.5 Å². The molecule has 0 bridgehead atoms. The van der Waals surface area contributed by atoms with Crippen LogP contribution in [0, 0.1) is 6.92 Å². The number of rotatable bonds is 3. The molecule has 0 spiro atoms. The van der Waals surface area contributed by atoms with Gasteiger partial charge < -0.3 is 10.2 Å². The molecule has 0 saturated carbocycles. The molecular weight excluding hydrogens is 326 g/mol. The highest BCUT2D eigenvalue weighted by atomic mass is 16.3. The second-order valence-corrected chi connectivity index (χ2v) is 6.05. The summed E-state index contributed by atoms with van der Waals surface area (Å²) >= 11 is 0. The Bertz CT molecular complexity index is 1130. The van der Waals surface area contributed by atoms with E-state index < -0.39 is 0 Å². The second-order valence-electron chi connectivity index (χ2n) is 6.05. The highest BCUT2D eigenvalue weighted by Crippen LogP contribution is 2.36. The van der Waals surface area contributed by atoms with Gasteiger partial charge in [0, 0.05) is 23.5 Å². The molecule has 128 valence electrons. The van der Waals surface area contributed by atoms with Gasteiger partial charge in [-0.2, -0.15) is 0 Å². The minimum atomic E-state index is 0.145. The summed E-state index contributed by atoms with van der Waals surface area (Å²) in [5.41, 5.74) is 3.63. The number of aliphatic imine (C=N–C) groups is 1. The summed E-state index contributed by atoms with van der Waals surface area (Å²) in [5, 5.41) is 20.2. The number of aryl methyl sites for hydroxylation is 1. The third-order valence-corrected chi connectivity index (χ3v) is 4.18. The number of phenolic OH excluding ortho intramolecular Hbond substituents is 2. The summed E-state index contributed by atoms with van der Waals surface area (Å²) in [4.78, 5) is 9.24. The van der Waals surface area contributed by atoms with Gasteiger partial charge in [0.2, 0.25) is 0 Å². The van der Waals surface area contributed by atoms with Gasteiger partial charge in [0.15, 0.2) is 5.82 Å². The van der Waals surface area contributed by atoms with Crippen LogP contribution in [0.5, 0.6) is 11.5 Å². The van der Waals surface area contributed by atoms with E-state index in [4.69, 9.17) is 0 Å². The molecule has 5 nitrogen and oxygen atoms in total. The van der Waals surface area contributed by atoms with Crippen LogP contribution < -0.4 is 0 Å². The fraction of sp³-hybridized carbons (Fsp3) is 0.0476. The molecule has 0 aliphatic heterocycles. The molecule has 0 fully saturated rings. The molecule has 0 aliphatic carbocycles. The van der Waals surface area contributed by atoms with Crippen molar-refractivity contribution in [3.63, 3.8) is 0 Å². The monoisotopic (exact) mass is 343 g/mol.